The zero-order valence-corrected chi connectivity index (χ0v) is 14.7. The highest BCUT2D eigenvalue weighted by molar-refractivity contribution is 7.99. The molecular weight excluding hydrogens is 332 g/mol. The summed E-state index contributed by atoms with van der Waals surface area (Å²) in [7, 11) is 3.76. The fourth-order valence-corrected chi connectivity index (χ4v) is 2.76. The van der Waals surface area contributed by atoms with Crippen molar-refractivity contribution in [1.29, 1.82) is 0 Å². The Morgan fingerprint density at radius 2 is 2.00 bits per heavy atom. The Bertz CT molecular complexity index is 652. The molecule has 1 N–H and O–H groups in total. The summed E-state index contributed by atoms with van der Waals surface area (Å²) in [6.07, 6.45) is 0.815. The maximum Gasteiger partial charge on any atom is 0.230 e. The molecule has 0 saturated carbocycles. The maximum absolute atomic E-state index is 11.9. The van der Waals surface area contributed by atoms with Crippen molar-refractivity contribution in [2.75, 3.05) is 31.3 Å². The van der Waals surface area contributed by atoms with E-state index in [-0.39, 0.29) is 11.7 Å². The van der Waals surface area contributed by atoms with Crippen molar-refractivity contribution >= 4 is 35.1 Å². The van der Waals surface area contributed by atoms with Crippen LogP contribution < -0.4 is 10.2 Å². The van der Waals surface area contributed by atoms with E-state index in [1.165, 1.54) is 17.3 Å². The molecule has 5 nitrogen and oxygen atoms in total. The molecule has 0 aliphatic rings. The highest BCUT2D eigenvalue weighted by Crippen LogP contribution is 2.20. The van der Waals surface area contributed by atoms with E-state index in [1.807, 2.05) is 49.3 Å². The summed E-state index contributed by atoms with van der Waals surface area (Å²) in [5.41, 5.74) is 1.20. The van der Waals surface area contributed by atoms with Crippen LogP contribution in [0.5, 0.6) is 0 Å². The van der Waals surface area contributed by atoms with Gasteiger partial charge in [-0.1, -0.05) is 53.7 Å². The third-order valence-corrected chi connectivity index (χ3v) is 4.07. The first kappa shape index (κ1) is 17.6. The zero-order valence-electron chi connectivity index (χ0n) is 13.1. The predicted molar refractivity (Wildman–Crippen MR) is 95.2 cm³/mol. The minimum Gasteiger partial charge on any atom is -0.363 e. The monoisotopic (exact) mass is 350 g/mol. The number of aromatic nitrogens is 2. The number of rotatable bonds is 7. The number of hydrogen-bond donors (Lipinski definition) is 1. The quantitative estimate of drug-likeness (QED) is 0.472. The maximum atomic E-state index is 11.9. The molecule has 1 amide bonds. The van der Waals surface area contributed by atoms with Gasteiger partial charge in [-0.3, -0.25) is 4.79 Å². The van der Waals surface area contributed by atoms with E-state index < -0.39 is 0 Å². The number of thioether (sulfide) groups is 1. The summed E-state index contributed by atoms with van der Waals surface area (Å²) in [5, 5.41) is 3.77. The van der Waals surface area contributed by atoms with E-state index in [0.717, 1.165) is 12.2 Å². The molecule has 0 radical (unpaired) electrons. The molecule has 0 spiro atoms. The number of amides is 1. The lowest BCUT2D eigenvalue weighted by molar-refractivity contribution is -0.118. The molecule has 0 atom stereocenters. The molecule has 0 unspecified atom stereocenters. The number of anilines is 1. The summed E-state index contributed by atoms with van der Waals surface area (Å²) in [6, 6.07) is 11.7. The fraction of sp³-hybridized carbons (Fsp3) is 0.312. The molecule has 0 saturated heterocycles. The summed E-state index contributed by atoms with van der Waals surface area (Å²) in [4.78, 5) is 22.2. The fourth-order valence-electron chi connectivity index (χ4n) is 1.85. The van der Waals surface area contributed by atoms with Gasteiger partial charge >= 0.3 is 0 Å². The standard InChI is InChI=1S/C16H19ClN4OS/c1-21(2)14-10-13(17)19-16(20-14)23-11-15(22)18-9-8-12-6-4-3-5-7-12/h3-7,10H,8-9,11H2,1-2H3,(H,18,22). The molecule has 0 bridgehead atoms. The minimum absolute atomic E-state index is 0.0408. The van der Waals surface area contributed by atoms with Crippen molar-refractivity contribution in [3.63, 3.8) is 0 Å². The SMILES string of the molecule is CN(C)c1cc(Cl)nc(SCC(=O)NCCc2ccccc2)n1. The number of carbonyl (C=O) groups is 1. The first-order valence-corrected chi connectivity index (χ1v) is 8.56. The van der Waals surface area contributed by atoms with E-state index >= 15 is 0 Å². The molecule has 1 heterocycles. The lowest BCUT2D eigenvalue weighted by Crippen LogP contribution is -2.27. The van der Waals surface area contributed by atoms with Crippen molar-refractivity contribution in [3.05, 3.63) is 47.1 Å². The lowest BCUT2D eigenvalue weighted by atomic mass is 10.1. The Morgan fingerprint density at radius 3 is 2.70 bits per heavy atom. The molecule has 122 valence electrons. The van der Waals surface area contributed by atoms with Gasteiger partial charge in [0.1, 0.15) is 11.0 Å². The van der Waals surface area contributed by atoms with Gasteiger partial charge in [0.15, 0.2) is 5.16 Å². The van der Waals surface area contributed by atoms with Crippen LogP contribution in [0.15, 0.2) is 41.6 Å². The Kier molecular flexibility index (Phi) is 6.67. The molecular formula is C16H19ClN4OS. The second-order valence-electron chi connectivity index (χ2n) is 5.10. The van der Waals surface area contributed by atoms with Crippen LogP contribution in [-0.4, -0.2) is 42.3 Å². The summed E-state index contributed by atoms with van der Waals surface area (Å²) >= 11 is 7.24. The van der Waals surface area contributed by atoms with Crippen LogP contribution in [0.2, 0.25) is 5.15 Å². The second kappa shape index (κ2) is 8.74. The van der Waals surface area contributed by atoms with Gasteiger partial charge in [-0.05, 0) is 12.0 Å². The van der Waals surface area contributed by atoms with Crippen molar-refractivity contribution in [3.8, 4) is 0 Å². The van der Waals surface area contributed by atoms with Gasteiger partial charge in [0.05, 0.1) is 5.75 Å². The van der Waals surface area contributed by atoms with E-state index in [1.54, 1.807) is 6.07 Å². The van der Waals surface area contributed by atoms with Crippen molar-refractivity contribution in [2.45, 2.75) is 11.6 Å². The topological polar surface area (TPSA) is 58.1 Å². The number of nitrogens with zero attached hydrogens (tertiary/aromatic N) is 3. The van der Waals surface area contributed by atoms with Gasteiger partial charge in [0.25, 0.3) is 0 Å². The third kappa shape index (κ3) is 6.08. The lowest BCUT2D eigenvalue weighted by Gasteiger charge is -2.12. The molecule has 23 heavy (non-hydrogen) atoms. The molecule has 0 aliphatic carbocycles. The Morgan fingerprint density at radius 1 is 1.26 bits per heavy atom. The molecule has 2 aromatic rings. The number of carbonyl (C=O) groups excluding carboxylic acids is 1. The third-order valence-electron chi connectivity index (χ3n) is 3.03. The van der Waals surface area contributed by atoms with Crippen LogP contribution in [0.1, 0.15) is 5.56 Å². The second-order valence-corrected chi connectivity index (χ2v) is 6.43. The van der Waals surface area contributed by atoms with Crippen molar-refractivity contribution in [1.82, 2.24) is 15.3 Å². The number of halogens is 1. The molecule has 0 aliphatic heterocycles. The first-order valence-electron chi connectivity index (χ1n) is 7.20. The van der Waals surface area contributed by atoms with Crippen molar-refractivity contribution < 1.29 is 4.79 Å². The van der Waals surface area contributed by atoms with Crippen LogP contribution in [0.3, 0.4) is 0 Å². The largest absolute Gasteiger partial charge is 0.363 e. The van der Waals surface area contributed by atoms with E-state index in [9.17, 15) is 4.79 Å². The minimum atomic E-state index is -0.0408. The number of nitrogens with one attached hydrogen (secondary N) is 1. The highest BCUT2D eigenvalue weighted by atomic mass is 35.5. The van der Waals surface area contributed by atoms with Crippen LogP contribution in [0.4, 0.5) is 5.82 Å². The van der Waals surface area contributed by atoms with E-state index in [2.05, 4.69) is 15.3 Å². The van der Waals surface area contributed by atoms with Gasteiger partial charge in [-0.15, -0.1) is 0 Å². The Hall–Kier alpha value is -1.79. The Balaban J connectivity index is 1.78. The van der Waals surface area contributed by atoms with Crippen LogP contribution in [0, 0.1) is 0 Å². The molecule has 1 aromatic heterocycles. The normalized spacial score (nSPS) is 10.4. The number of benzene rings is 1. The first-order chi connectivity index (χ1) is 11.0. The summed E-state index contributed by atoms with van der Waals surface area (Å²) in [6.45, 7) is 0.614. The van der Waals surface area contributed by atoms with Gasteiger partial charge < -0.3 is 10.2 Å². The van der Waals surface area contributed by atoms with Crippen LogP contribution >= 0.6 is 23.4 Å². The average molecular weight is 351 g/mol. The zero-order chi connectivity index (χ0) is 16.7. The summed E-state index contributed by atoms with van der Waals surface area (Å²) < 4.78 is 0. The van der Waals surface area contributed by atoms with E-state index in [0.29, 0.717) is 16.9 Å². The van der Waals surface area contributed by atoms with Gasteiger partial charge in [-0.2, -0.15) is 0 Å². The highest BCUT2D eigenvalue weighted by Gasteiger charge is 2.08. The summed E-state index contributed by atoms with van der Waals surface area (Å²) in [5.74, 6) is 0.944. The number of hydrogen-bond acceptors (Lipinski definition) is 5. The molecule has 7 heteroatoms. The van der Waals surface area contributed by atoms with Gasteiger partial charge in [0.2, 0.25) is 5.91 Å². The van der Waals surface area contributed by atoms with Gasteiger partial charge in [-0.25, -0.2) is 9.97 Å². The molecule has 2 rings (SSSR count). The van der Waals surface area contributed by atoms with Gasteiger partial charge in [0, 0.05) is 26.7 Å². The predicted octanol–water partition coefficient (Wildman–Crippen LogP) is 2.65. The van der Waals surface area contributed by atoms with Crippen molar-refractivity contribution in [2.24, 2.45) is 0 Å². The Labute approximate surface area is 145 Å². The molecule has 0 fully saturated rings. The molecule has 1 aromatic carbocycles. The smallest absolute Gasteiger partial charge is 0.230 e. The van der Waals surface area contributed by atoms with Crippen LogP contribution in [-0.2, 0) is 11.2 Å². The average Bonchev–Trinajstić information content (AvgIpc) is 2.53. The van der Waals surface area contributed by atoms with Crippen LogP contribution in [0.25, 0.3) is 0 Å². The van der Waals surface area contributed by atoms with E-state index in [4.69, 9.17) is 11.6 Å².